The van der Waals surface area contributed by atoms with Crippen LogP contribution in [0.25, 0.3) is 11.3 Å². The summed E-state index contributed by atoms with van der Waals surface area (Å²) in [7, 11) is 0. The minimum absolute atomic E-state index is 0.102. The average Bonchev–Trinajstić information content (AvgIpc) is 3.18. The Morgan fingerprint density at radius 1 is 1.15 bits per heavy atom. The minimum atomic E-state index is -3.11. The molecule has 2 aromatic rings. The quantitative estimate of drug-likeness (QED) is 0.249. The summed E-state index contributed by atoms with van der Waals surface area (Å²) in [6.45, 7) is 8.29. The van der Waals surface area contributed by atoms with Crippen molar-refractivity contribution in [1.29, 1.82) is 0 Å². The number of alkyl halides is 2. The molecule has 1 saturated carbocycles. The van der Waals surface area contributed by atoms with Crippen molar-refractivity contribution in [3.8, 4) is 17.0 Å². The van der Waals surface area contributed by atoms with E-state index in [1.807, 2.05) is 27.7 Å². The van der Waals surface area contributed by atoms with Crippen molar-refractivity contribution in [2.24, 2.45) is 11.3 Å². The molecule has 1 aromatic carbocycles. The van der Waals surface area contributed by atoms with Crippen molar-refractivity contribution in [2.75, 3.05) is 6.54 Å². The van der Waals surface area contributed by atoms with Crippen LogP contribution in [-0.4, -0.2) is 44.8 Å². The lowest BCUT2D eigenvalue weighted by molar-refractivity contribution is -0.147. The lowest BCUT2D eigenvalue weighted by Crippen LogP contribution is -2.40. The van der Waals surface area contributed by atoms with Crippen molar-refractivity contribution >= 4 is 23.2 Å². The van der Waals surface area contributed by atoms with Crippen LogP contribution in [0.1, 0.15) is 89.2 Å². The molecule has 0 aliphatic heterocycles. The van der Waals surface area contributed by atoms with Gasteiger partial charge in [-0.3, -0.25) is 9.59 Å². The number of halogens is 2. The van der Waals surface area contributed by atoms with Crippen molar-refractivity contribution in [3.63, 3.8) is 0 Å². The molecule has 8 nitrogen and oxygen atoms in total. The zero-order chi connectivity index (χ0) is 30.5. The summed E-state index contributed by atoms with van der Waals surface area (Å²) in [5, 5.41) is 12.2. The maximum atomic E-state index is 13.4. The minimum Gasteiger partial charge on any atom is -0.593 e. The van der Waals surface area contributed by atoms with E-state index >= 15 is 0 Å². The number of nitrogens with zero attached hydrogens (tertiary/aromatic N) is 1. The van der Waals surface area contributed by atoms with Crippen LogP contribution in [0.2, 0.25) is 0 Å². The van der Waals surface area contributed by atoms with Gasteiger partial charge in [0.05, 0.1) is 27.9 Å². The normalized spacial score (nSPS) is 15.7. The summed E-state index contributed by atoms with van der Waals surface area (Å²) >= 11 is -1.80. The number of aliphatic carboxylic acids is 1. The van der Waals surface area contributed by atoms with E-state index in [2.05, 4.69) is 14.6 Å². The zero-order valence-corrected chi connectivity index (χ0v) is 25.6. The number of amides is 1. The second-order valence-corrected chi connectivity index (χ2v) is 13.7. The van der Waals surface area contributed by atoms with E-state index in [4.69, 9.17) is 4.74 Å². The predicted octanol–water partition coefficient (Wildman–Crippen LogP) is 6.29. The van der Waals surface area contributed by atoms with E-state index in [1.165, 1.54) is 18.6 Å². The smallest absolute Gasteiger partial charge is 0.387 e. The van der Waals surface area contributed by atoms with E-state index in [-0.39, 0.29) is 29.5 Å². The van der Waals surface area contributed by atoms with Gasteiger partial charge in [-0.1, -0.05) is 19.3 Å². The van der Waals surface area contributed by atoms with E-state index in [9.17, 15) is 28.0 Å². The van der Waals surface area contributed by atoms with Gasteiger partial charge >= 0.3 is 12.6 Å². The van der Waals surface area contributed by atoms with Gasteiger partial charge in [-0.15, -0.1) is 4.72 Å². The number of hydrogen-bond donors (Lipinski definition) is 3. The van der Waals surface area contributed by atoms with Gasteiger partial charge in [-0.05, 0) is 91.0 Å². The number of carbonyl (C=O) groups is 2. The highest BCUT2D eigenvalue weighted by atomic mass is 32.2. The van der Waals surface area contributed by atoms with Crippen LogP contribution < -0.4 is 14.8 Å². The van der Waals surface area contributed by atoms with Crippen LogP contribution in [0.15, 0.2) is 29.2 Å². The second-order valence-electron chi connectivity index (χ2n) is 12.5. The van der Waals surface area contributed by atoms with Gasteiger partial charge in [0.25, 0.3) is 5.91 Å². The molecule has 1 fully saturated rings. The van der Waals surface area contributed by atoms with Gasteiger partial charge in [0.15, 0.2) is 5.75 Å². The third-order valence-electron chi connectivity index (χ3n) is 7.45. The second kappa shape index (κ2) is 13.6. The number of carbonyl (C=O) groups excluding carboxylic acids is 1. The SMILES string of the molecule is Cc1c(C(=O)NCCC(C)(C)C(=O)O)cc(-c2ccc([S+]([O-])NC(C)(C)C)c(OC(F)F)c2)n1CC1CCCCC1. The van der Waals surface area contributed by atoms with Crippen molar-refractivity contribution < 1.29 is 32.8 Å². The summed E-state index contributed by atoms with van der Waals surface area (Å²) in [6, 6.07) is 6.41. The van der Waals surface area contributed by atoms with Crippen LogP contribution >= 0.6 is 0 Å². The third-order valence-corrected chi connectivity index (χ3v) is 8.98. The standard InChI is InChI=1S/C30H43F2N3O5S/c1-19-22(26(36)33-15-14-30(5,6)27(37)38)17-23(35(19)18-20-10-8-7-9-11-20)21-12-13-25(24(16-21)40-28(31)32)41(39)34-29(2,3)4/h12-13,16-17,20,28,34H,7-11,14-15,18H2,1-6H3,(H,33,36)(H,37,38). The fourth-order valence-corrected chi connectivity index (χ4v) is 6.16. The molecule has 11 heteroatoms. The van der Waals surface area contributed by atoms with Crippen molar-refractivity contribution in [2.45, 2.75) is 104 Å². The number of benzene rings is 1. The van der Waals surface area contributed by atoms with E-state index in [1.54, 1.807) is 26.0 Å². The molecule has 3 N–H and O–H groups in total. The number of ether oxygens (including phenoxy) is 1. The number of rotatable bonds is 12. The molecule has 0 bridgehead atoms. The number of carboxylic acid groups (broad SMARTS) is 1. The summed E-state index contributed by atoms with van der Waals surface area (Å²) in [5.74, 6) is -1.05. The first-order valence-corrected chi connectivity index (χ1v) is 15.2. The fraction of sp³-hybridized carbons (Fsp3) is 0.600. The van der Waals surface area contributed by atoms with Crippen LogP contribution in [0.4, 0.5) is 8.78 Å². The highest BCUT2D eigenvalue weighted by Gasteiger charge is 2.29. The van der Waals surface area contributed by atoms with Gasteiger partial charge in [-0.2, -0.15) is 8.78 Å². The lowest BCUT2D eigenvalue weighted by atomic mass is 9.89. The van der Waals surface area contributed by atoms with Gasteiger partial charge in [0, 0.05) is 30.0 Å². The van der Waals surface area contributed by atoms with Crippen LogP contribution in [0, 0.1) is 18.3 Å². The van der Waals surface area contributed by atoms with Gasteiger partial charge in [-0.25, -0.2) is 0 Å². The van der Waals surface area contributed by atoms with Crippen LogP contribution in [-0.2, 0) is 22.7 Å². The Morgan fingerprint density at radius 2 is 1.80 bits per heavy atom. The first-order chi connectivity index (χ1) is 19.1. The van der Waals surface area contributed by atoms with Crippen molar-refractivity contribution in [3.05, 3.63) is 35.5 Å². The van der Waals surface area contributed by atoms with E-state index in [0.29, 0.717) is 29.3 Å². The molecule has 1 amide bonds. The molecule has 1 unspecified atom stereocenters. The highest BCUT2D eigenvalue weighted by molar-refractivity contribution is 7.89. The van der Waals surface area contributed by atoms with Crippen LogP contribution in [0.5, 0.6) is 5.75 Å². The summed E-state index contributed by atoms with van der Waals surface area (Å²) < 4.78 is 49.6. The Hall–Kier alpha value is -2.63. The Kier molecular flexibility index (Phi) is 10.9. The molecule has 41 heavy (non-hydrogen) atoms. The Morgan fingerprint density at radius 3 is 2.39 bits per heavy atom. The summed E-state index contributed by atoms with van der Waals surface area (Å²) in [4.78, 5) is 24.8. The Balaban J connectivity index is 2.00. The number of hydrogen-bond acceptors (Lipinski definition) is 5. The molecule has 0 radical (unpaired) electrons. The van der Waals surface area contributed by atoms with Crippen LogP contribution in [0.3, 0.4) is 0 Å². The third kappa shape index (κ3) is 8.93. The topological polar surface area (TPSA) is 116 Å². The number of carboxylic acids is 1. The Bertz CT molecular complexity index is 1220. The summed E-state index contributed by atoms with van der Waals surface area (Å²) in [5.41, 5.74) is 0.887. The molecular formula is C30H43F2N3O5S. The molecular weight excluding hydrogens is 552 g/mol. The molecule has 1 heterocycles. The summed E-state index contributed by atoms with van der Waals surface area (Å²) in [6.07, 6.45) is 5.88. The molecule has 228 valence electrons. The van der Waals surface area contributed by atoms with Gasteiger partial charge in [0.1, 0.15) is 0 Å². The van der Waals surface area contributed by atoms with E-state index in [0.717, 1.165) is 31.4 Å². The number of aromatic nitrogens is 1. The first-order valence-electron chi connectivity index (χ1n) is 14.1. The van der Waals surface area contributed by atoms with E-state index < -0.39 is 34.9 Å². The largest absolute Gasteiger partial charge is 0.593 e. The van der Waals surface area contributed by atoms with Gasteiger partial charge < -0.3 is 24.3 Å². The predicted molar refractivity (Wildman–Crippen MR) is 155 cm³/mol. The molecule has 1 aromatic heterocycles. The number of nitrogens with one attached hydrogen (secondary N) is 2. The lowest BCUT2D eigenvalue weighted by Gasteiger charge is -2.25. The fourth-order valence-electron chi connectivity index (χ4n) is 5.01. The maximum absolute atomic E-state index is 13.4. The van der Waals surface area contributed by atoms with Crippen molar-refractivity contribution in [1.82, 2.24) is 14.6 Å². The average molecular weight is 596 g/mol. The monoisotopic (exact) mass is 595 g/mol. The maximum Gasteiger partial charge on any atom is 0.387 e. The Labute approximate surface area is 244 Å². The molecule has 1 atom stereocenters. The molecule has 0 saturated heterocycles. The zero-order valence-electron chi connectivity index (χ0n) is 24.8. The van der Waals surface area contributed by atoms with Gasteiger partial charge in [0.2, 0.25) is 4.90 Å². The first kappa shape index (κ1) is 32.9. The molecule has 3 rings (SSSR count). The molecule has 0 spiro atoms. The molecule has 1 aliphatic rings. The molecule has 1 aliphatic carbocycles. The highest BCUT2D eigenvalue weighted by Crippen LogP contribution is 2.36.